The lowest BCUT2D eigenvalue weighted by atomic mass is 9.89. The largest absolute Gasteiger partial charge is 0.453 e. The standard InChI is InChI=1S/C52H60N8O8/c1-65-50(63)57-43(32-13-19-67-20-14-32)48(61)59-29-52(17-18-52)26-42(59)46-53-28-41(55-46)37-10-9-35-23-34(7-8-36(35)24-37)30-3-5-31(6-4-30)40-27-54-47(56-40)45-38-11-12-39(25-38)60(45)49(62)44(58-51(64)66-2)33-15-21-68-22-16-33/h3-10,23-24,27-28,32-33,38-39,42-45H,11-22,25-26,29H2,1-2H3,(H,53,55)(H,54,56)(H,57,63)(H,58,64)/t38?,39?,42-,43?,44-,45?/m0/s1. The molecule has 4 N–H and O–H groups in total. The van der Waals surface area contributed by atoms with Crippen LogP contribution >= 0.6 is 0 Å². The summed E-state index contributed by atoms with van der Waals surface area (Å²) in [6.07, 6.45) is 11.2. The van der Waals surface area contributed by atoms with Gasteiger partial charge in [0.15, 0.2) is 0 Å². The Kier molecular flexibility index (Phi) is 11.9. The number of amides is 4. The van der Waals surface area contributed by atoms with E-state index in [1.54, 1.807) is 0 Å². The van der Waals surface area contributed by atoms with Crippen molar-refractivity contribution in [2.75, 3.05) is 47.2 Å². The molecule has 68 heavy (non-hydrogen) atoms. The molecular weight excluding hydrogens is 865 g/mol. The van der Waals surface area contributed by atoms with Gasteiger partial charge in [-0.15, -0.1) is 0 Å². The van der Waals surface area contributed by atoms with E-state index in [1.807, 2.05) is 22.2 Å². The Morgan fingerprint density at radius 2 is 1.22 bits per heavy atom. The van der Waals surface area contributed by atoms with Gasteiger partial charge in [0.1, 0.15) is 23.7 Å². The molecule has 16 nitrogen and oxygen atoms in total. The van der Waals surface area contributed by atoms with Gasteiger partial charge in [0, 0.05) is 44.6 Å². The van der Waals surface area contributed by atoms with E-state index in [0.29, 0.717) is 64.6 Å². The fourth-order valence-electron chi connectivity index (χ4n) is 12.0. The lowest BCUT2D eigenvalue weighted by Crippen LogP contribution is -2.55. The Bertz CT molecular complexity index is 2680. The minimum atomic E-state index is -0.685. The SMILES string of the molecule is COC(=O)NC(C(=O)N1CC2(CC2)C[C@H]1c1ncc(-c2ccc3cc(-c4ccc(-c5cnc(C6C7CCC(C7)N6C(=O)[C@@H](NC(=O)OC)C6CCOCC6)[nH]5)cc4)ccc3c2)[nH]1)C1CCOCC1. The molecule has 6 aliphatic rings. The lowest BCUT2D eigenvalue weighted by molar-refractivity contribution is -0.140. The van der Waals surface area contributed by atoms with Crippen LogP contribution in [0.1, 0.15) is 87.9 Å². The summed E-state index contributed by atoms with van der Waals surface area (Å²) >= 11 is 0. The lowest BCUT2D eigenvalue weighted by Gasteiger charge is -2.39. The highest BCUT2D eigenvalue weighted by atomic mass is 16.5. The first-order chi connectivity index (χ1) is 33.2. The van der Waals surface area contributed by atoms with E-state index in [-0.39, 0.29) is 47.2 Å². The van der Waals surface area contributed by atoms with Crippen molar-refractivity contribution in [3.05, 3.63) is 84.7 Å². The van der Waals surface area contributed by atoms with E-state index in [0.717, 1.165) is 94.6 Å². The van der Waals surface area contributed by atoms with Gasteiger partial charge in [-0.25, -0.2) is 19.6 Å². The average molecular weight is 925 g/mol. The highest BCUT2D eigenvalue weighted by Crippen LogP contribution is 2.58. The van der Waals surface area contributed by atoms with Crippen LogP contribution in [0.3, 0.4) is 0 Å². The van der Waals surface area contributed by atoms with E-state index in [9.17, 15) is 19.2 Å². The normalized spacial score (nSPS) is 24.3. The van der Waals surface area contributed by atoms with E-state index >= 15 is 0 Å². The number of benzene rings is 3. The van der Waals surface area contributed by atoms with E-state index < -0.39 is 24.3 Å². The summed E-state index contributed by atoms with van der Waals surface area (Å²) in [5, 5.41) is 7.96. The first-order valence-corrected chi connectivity index (χ1v) is 24.4. The molecule has 4 saturated heterocycles. The first kappa shape index (κ1) is 44.3. The molecule has 11 rings (SSSR count). The molecule has 6 fully saturated rings. The van der Waals surface area contributed by atoms with Crippen LogP contribution in [0, 0.1) is 23.2 Å². The third-order valence-electron chi connectivity index (χ3n) is 16.0. The minimum Gasteiger partial charge on any atom is -0.453 e. The minimum absolute atomic E-state index is 0.0249. The number of carbonyl (C=O) groups excluding carboxylic acids is 4. The summed E-state index contributed by atoms with van der Waals surface area (Å²) < 4.78 is 21.0. The van der Waals surface area contributed by atoms with Gasteiger partial charge >= 0.3 is 12.2 Å². The Morgan fingerprint density at radius 3 is 1.85 bits per heavy atom. The van der Waals surface area contributed by atoms with Crippen LogP contribution in [0.25, 0.3) is 44.4 Å². The van der Waals surface area contributed by atoms with Gasteiger partial charge in [-0.3, -0.25) is 9.59 Å². The maximum Gasteiger partial charge on any atom is 0.407 e. The maximum atomic E-state index is 14.4. The number of hydrogen-bond acceptors (Lipinski definition) is 10. The number of methoxy groups -OCH3 is 2. The van der Waals surface area contributed by atoms with Crippen molar-refractivity contribution >= 4 is 34.8 Å². The topological polar surface area (TPSA) is 193 Å². The van der Waals surface area contributed by atoms with E-state index in [2.05, 4.69) is 81.3 Å². The number of likely N-dealkylation sites (tertiary alicyclic amines) is 2. The molecule has 16 heteroatoms. The highest BCUT2D eigenvalue weighted by Gasteiger charge is 2.56. The number of rotatable bonds is 11. The molecule has 2 aromatic heterocycles. The van der Waals surface area contributed by atoms with Crippen LogP contribution in [0.2, 0.25) is 0 Å². The molecule has 2 bridgehead atoms. The molecular formula is C52H60N8O8. The van der Waals surface area contributed by atoms with Crippen LogP contribution < -0.4 is 10.6 Å². The van der Waals surface area contributed by atoms with Gasteiger partial charge in [-0.1, -0.05) is 48.5 Å². The number of alkyl carbamates (subject to hydrolysis) is 2. The molecule has 5 aromatic rings. The number of ether oxygens (including phenoxy) is 4. The van der Waals surface area contributed by atoms with Crippen molar-refractivity contribution in [2.45, 2.75) is 94.4 Å². The van der Waals surface area contributed by atoms with E-state index in [4.69, 9.17) is 28.9 Å². The Morgan fingerprint density at radius 1 is 0.676 bits per heavy atom. The number of aromatic amines is 2. The number of piperidine rings is 1. The Hall–Kier alpha value is -6.26. The number of imidazole rings is 2. The van der Waals surface area contributed by atoms with Gasteiger partial charge in [0.05, 0.1) is 50.1 Å². The van der Waals surface area contributed by atoms with Crippen molar-refractivity contribution in [2.24, 2.45) is 23.2 Å². The molecule has 3 aromatic carbocycles. The van der Waals surface area contributed by atoms with Gasteiger partial charge in [0.2, 0.25) is 11.8 Å². The molecule has 2 aliphatic carbocycles. The molecule has 4 unspecified atom stereocenters. The van der Waals surface area contributed by atoms with Crippen LogP contribution in [-0.4, -0.2) is 119 Å². The molecule has 6 heterocycles. The summed E-state index contributed by atoms with van der Waals surface area (Å²) in [4.78, 5) is 74.5. The second kappa shape index (κ2) is 18.3. The highest BCUT2D eigenvalue weighted by molar-refractivity contribution is 5.91. The van der Waals surface area contributed by atoms with Crippen molar-refractivity contribution in [3.8, 4) is 33.6 Å². The van der Waals surface area contributed by atoms with Crippen LogP contribution in [0.15, 0.2) is 73.1 Å². The summed E-state index contributed by atoms with van der Waals surface area (Å²) in [7, 11) is 2.65. The Labute approximate surface area is 395 Å². The van der Waals surface area contributed by atoms with Crippen LogP contribution in [0.4, 0.5) is 9.59 Å². The number of fused-ring (bicyclic) bond motifs is 3. The molecule has 6 atom stereocenters. The third kappa shape index (κ3) is 8.50. The predicted octanol–water partition coefficient (Wildman–Crippen LogP) is 7.70. The average Bonchev–Trinajstić information content (AvgIpc) is 4.03. The maximum absolute atomic E-state index is 14.4. The van der Waals surface area contributed by atoms with Crippen LogP contribution in [0.5, 0.6) is 0 Å². The van der Waals surface area contributed by atoms with Crippen molar-refractivity contribution in [1.29, 1.82) is 0 Å². The molecule has 356 valence electrons. The zero-order valence-corrected chi connectivity index (χ0v) is 38.7. The molecule has 1 spiro atoms. The Balaban J connectivity index is 0.780. The monoisotopic (exact) mass is 924 g/mol. The quantitative estimate of drug-likeness (QED) is 0.102. The number of hydrogen-bond donors (Lipinski definition) is 4. The predicted molar refractivity (Wildman–Crippen MR) is 252 cm³/mol. The number of nitrogens with one attached hydrogen (secondary N) is 4. The molecule has 2 saturated carbocycles. The fourth-order valence-corrected chi connectivity index (χ4v) is 12.0. The molecule has 0 radical (unpaired) electrons. The number of carbonyl (C=O) groups is 4. The number of nitrogens with zero attached hydrogens (tertiary/aromatic N) is 4. The summed E-state index contributed by atoms with van der Waals surface area (Å²) in [5.74, 6) is 1.64. The summed E-state index contributed by atoms with van der Waals surface area (Å²) in [5.41, 5.74) is 6.07. The summed E-state index contributed by atoms with van der Waals surface area (Å²) in [6, 6.07) is 19.7. The summed E-state index contributed by atoms with van der Waals surface area (Å²) in [6.45, 7) is 2.91. The van der Waals surface area contributed by atoms with Gasteiger partial charge in [0.25, 0.3) is 0 Å². The van der Waals surface area contributed by atoms with Crippen molar-refractivity contribution in [3.63, 3.8) is 0 Å². The molecule has 4 amide bonds. The first-order valence-electron chi connectivity index (χ1n) is 24.4. The van der Waals surface area contributed by atoms with E-state index in [1.165, 1.54) is 14.2 Å². The van der Waals surface area contributed by atoms with Crippen molar-refractivity contribution < 1.29 is 38.1 Å². The van der Waals surface area contributed by atoms with Crippen molar-refractivity contribution in [1.82, 2.24) is 40.4 Å². The van der Waals surface area contributed by atoms with Crippen LogP contribution in [-0.2, 0) is 28.5 Å². The third-order valence-corrected chi connectivity index (χ3v) is 16.0. The van der Waals surface area contributed by atoms with Gasteiger partial charge < -0.3 is 49.3 Å². The van der Waals surface area contributed by atoms with Gasteiger partial charge in [-0.05, 0) is 127 Å². The number of aromatic nitrogens is 4. The smallest absolute Gasteiger partial charge is 0.407 e. The second-order valence-corrected chi connectivity index (χ2v) is 19.9. The zero-order valence-electron chi connectivity index (χ0n) is 38.7. The fraction of sp³-hybridized carbons (Fsp3) is 0.500. The zero-order chi connectivity index (χ0) is 46.5. The number of H-pyrrole nitrogens is 2. The molecule has 4 aliphatic heterocycles. The second-order valence-electron chi connectivity index (χ2n) is 19.9. The van der Waals surface area contributed by atoms with Gasteiger partial charge in [-0.2, -0.15) is 0 Å².